The Balaban J connectivity index is 3.07. The minimum Gasteiger partial charge on any atom is -0.463 e. The molecule has 1 amide bonds. The van der Waals surface area contributed by atoms with Crippen molar-refractivity contribution in [3.05, 3.63) is 0 Å². The minimum atomic E-state index is -1.92. The maximum atomic E-state index is 14.6. The lowest BCUT2D eigenvalue weighted by atomic mass is 9.97. The molecule has 0 aromatic carbocycles. The fraction of sp³-hybridized carbons (Fsp3) is 0.714. The highest BCUT2D eigenvalue weighted by atomic mass is 19.1. The second-order valence-electron chi connectivity index (χ2n) is 5.20. The van der Waals surface area contributed by atoms with Gasteiger partial charge in [-0.05, 0) is 0 Å². The molecule has 1 saturated heterocycles. The second-order valence-corrected chi connectivity index (χ2v) is 5.20. The van der Waals surface area contributed by atoms with Crippen molar-refractivity contribution < 1.29 is 42.5 Å². The van der Waals surface area contributed by atoms with Gasteiger partial charge in [0.2, 0.25) is 12.2 Å². The van der Waals surface area contributed by atoms with Crippen molar-refractivity contribution >= 4 is 23.8 Å². The highest BCUT2D eigenvalue weighted by molar-refractivity contribution is 5.74. The van der Waals surface area contributed by atoms with E-state index in [1.54, 1.807) is 0 Å². The summed E-state index contributed by atoms with van der Waals surface area (Å²) in [5, 5.41) is 2.34. The van der Waals surface area contributed by atoms with Crippen LogP contribution in [0.2, 0.25) is 0 Å². The third kappa shape index (κ3) is 5.76. The maximum absolute atomic E-state index is 14.6. The van der Waals surface area contributed by atoms with E-state index in [1.807, 2.05) is 0 Å². The first-order valence-corrected chi connectivity index (χ1v) is 7.16. The third-order valence-corrected chi connectivity index (χ3v) is 3.03. The highest BCUT2D eigenvalue weighted by Crippen LogP contribution is 2.27. The molecule has 0 aliphatic carbocycles. The van der Waals surface area contributed by atoms with Crippen LogP contribution in [0.25, 0.3) is 0 Å². The van der Waals surface area contributed by atoms with Gasteiger partial charge in [-0.1, -0.05) is 0 Å². The Bertz CT molecular complexity index is 511. The predicted octanol–water partition coefficient (Wildman–Crippen LogP) is -0.388. The number of hydrogen-bond donors (Lipinski definition) is 1. The molecule has 0 aromatic heterocycles. The van der Waals surface area contributed by atoms with Crippen molar-refractivity contribution in [2.24, 2.45) is 0 Å². The highest BCUT2D eigenvalue weighted by Gasteiger charge is 2.50. The second kappa shape index (κ2) is 8.57. The Morgan fingerprint density at radius 1 is 1.00 bits per heavy atom. The van der Waals surface area contributed by atoms with E-state index in [2.05, 4.69) is 5.32 Å². The van der Waals surface area contributed by atoms with E-state index in [0.717, 1.165) is 27.7 Å². The summed E-state index contributed by atoms with van der Waals surface area (Å²) in [4.78, 5) is 44.7. The van der Waals surface area contributed by atoms with Gasteiger partial charge in [-0.25, -0.2) is 4.39 Å². The van der Waals surface area contributed by atoms with Crippen LogP contribution in [0.15, 0.2) is 0 Å². The zero-order valence-corrected chi connectivity index (χ0v) is 13.7. The Morgan fingerprint density at radius 2 is 1.58 bits per heavy atom. The zero-order valence-electron chi connectivity index (χ0n) is 13.7. The number of alkyl halides is 1. The van der Waals surface area contributed by atoms with Gasteiger partial charge < -0.3 is 24.3 Å². The summed E-state index contributed by atoms with van der Waals surface area (Å²) in [6.07, 6.45) is -6.15. The number of halogens is 1. The van der Waals surface area contributed by atoms with Crippen LogP contribution >= 0.6 is 0 Å². The van der Waals surface area contributed by atoms with Crippen LogP contribution in [-0.2, 0) is 38.1 Å². The number of amides is 1. The summed E-state index contributed by atoms with van der Waals surface area (Å²) in [7, 11) is 0. The molecule has 0 aromatic rings. The van der Waals surface area contributed by atoms with Crippen molar-refractivity contribution in [3.8, 4) is 0 Å². The third-order valence-electron chi connectivity index (χ3n) is 3.03. The molecule has 5 atom stereocenters. The molecule has 0 saturated carbocycles. The predicted molar refractivity (Wildman–Crippen MR) is 75.1 cm³/mol. The number of carbonyl (C=O) groups is 4. The first-order chi connectivity index (χ1) is 11.1. The van der Waals surface area contributed by atoms with Gasteiger partial charge in [0, 0.05) is 27.7 Å². The van der Waals surface area contributed by atoms with Crippen molar-refractivity contribution in [1.29, 1.82) is 0 Å². The normalized spacial score (nSPS) is 29.3. The Labute approximate surface area is 137 Å². The first-order valence-electron chi connectivity index (χ1n) is 7.16. The van der Waals surface area contributed by atoms with Gasteiger partial charge in [0.1, 0.15) is 18.8 Å². The van der Waals surface area contributed by atoms with E-state index in [1.165, 1.54) is 0 Å². The molecule has 1 aliphatic rings. The van der Waals surface area contributed by atoms with Crippen LogP contribution in [0.3, 0.4) is 0 Å². The van der Waals surface area contributed by atoms with Crippen LogP contribution < -0.4 is 5.32 Å². The van der Waals surface area contributed by atoms with E-state index >= 15 is 0 Å². The van der Waals surface area contributed by atoms with E-state index in [0.29, 0.717) is 0 Å². The Morgan fingerprint density at radius 3 is 2.04 bits per heavy atom. The average Bonchev–Trinajstić information content (AvgIpc) is 2.42. The average molecular weight is 349 g/mol. The largest absolute Gasteiger partial charge is 0.463 e. The smallest absolute Gasteiger partial charge is 0.305 e. The number of hydrogen-bond acceptors (Lipinski definition) is 8. The number of carbonyl (C=O) groups excluding carboxylic acids is 4. The standard InChI is InChI=1S/C14H20FNO8/c1-6(17)16-12-13(22-8(3)19)11(15)10(5-21-7(2)18)24-14(12)23-9(4)20/h10-14H,5H2,1-4H3,(H,16,17)/t10-,11-,12-,13+,14-/m1/s1. The summed E-state index contributed by atoms with van der Waals surface area (Å²) in [5.41, 5.74) is 0. The molecule has 24 heavy (non-hydrogen) atoms. The van der Waals surface area contributed by atoms with E-state index in [4.69, 9.17) is 18.9 Å². The SMILES string of the molecule is CC(=O)N[C@H]1[C@H](OC(C)=O)O[C@H](COC(C)=O)[C@@H](F)[C@@H]1OC(C)=O. The van der Waals surface area contributed by atoms with Crippen LogP contribution in [0, 0.1) is 0 Å². The molecule has 1 N–H and O–H groups in total. The van der Waals surface area contributed by atoms with Gasteiger partial charge >= 0.3 is 17.9 Å². The summed E-state index contributed by atoms with van der Waals surface area (Å²) in [5.74, 6) is -2.78. The lowest BCUT2D eigenvalue weighted by Gasteiger charge is -2.42. The van der Waals surface area contributed by atoms with Gasteiger partial charge in [-0.2, -0.15) is 0 Å². The molecule has 0 radical (unpaired) electrons. The maximum Gasteiger partial charge on any atom is 0.305 e. The number of rotatable bonds is 5. The molecule has 0 unspecified atom stereocenters. The molecule has 9 nitrogen and oxygen atoms in total. The molecule has 0 bridgehead atoms. The van der Waals surface area contributed by atoms with Crippen molar-refractivity contribution in [3.63, 3.8) is 0 Å². The molecule has 1 aliphatic heterocycles. The van der Waals surface area contributed by atoms with Crippen molar-refractivity contribution in [1.82, 2.24) is 5.32 Å². The molecule has 10 heteroatoms. The number of nitrogens with one attached hydrogen (secondary N) is 1. The van der Waals surface area contributed by atoms with Crippen molar-refractivity contribution in [2.75, 3.05) is 6.61 Å². The Kier molecular flexibility index (Phi) is 7.08. The van der Waals surface area contributed by atoms with Gasteiger partial charge in [0.15, 0.2) is 12.3 Å². The fourth-order valence-electron chi connectivity index (χ4n) is 2.21. The number of ether oxygens (including phenoxy) is 4. The molecule has 1 rings (SSSR count). The molecule has 1 fully saturated rings. The van der Waals surface area contributed by atoms with Gasteiger partial charge in [-0.3, -0.25) is 19.2 Å². The molecular formula is C14H20FNO8. The van der Waals surface area contributed by atoms with Gasteiger partial charge in [-0.15, -0.1) is 0 Å². The van der Waals surface area contributed by atoms with Gasteiger partial charge in [0.05, 0.1) is 0 Å². The minimum absolute atomic E-state index is 0.473. The fourth-order valence-corrected chi connectivity index (χ4v) is 2.21. The number of esters is 3. The van der Waals surface area contributed by atoms with E-state index in [-0.39, 0.29) is 0 Å². The van der Waals surface area contributed by atoms with E-state index in [9.17, 15) is 23.6 Å². The van der Waals surface area contributed by atoms with Crippen LogP contribution in [0.5, 0.6) is 0 Å². The summed E-state index contributed by atoms with van der Waals surface area (Å²) in [6, 6.07) is -1.25. The molecule has 136 valence electrons. The van der Waals surface area contributed by atoms with Crippen molar-refractivity contribution in [2.45, 2.75) is 58.4 Å². The topological polar surface area (TPSA) is 117 Å². The molecule has 1 heterocycles. The Hall–Kier alpha value is -2.23. The van der Waals surface area contributed by atoms with Crippen LogP contribution in [0.1, 0.15) is 27.7 Å². The zero-order chi connectivity index (χ0) is 18.4. The summed E-state index contributed by atoms with van der Waals surface area (Å²) >= 11 is 0. The van der Waals surface area contributed by atoms with Crippen LogP contribution in [-0.4, -0.2) is 61.1 Å². The quantitative estimate of drug-likeness (QED) is 0.527. The first kappa shape index (κ1) is 19.8. The molecular weight excluding hydrogens is 329 g/mol. The summed E-state index contributed by atoms with van der Waals surface area (Å²) in [6.45, 7) is 3.97. The lowest BCUT2D eigenvalue weighted by molar-refractivity contribution is -0.256. The molecule has 0 spiro atoms. The lowest BCUT2D eigenvalue weighted by Crippen LogP contribution is -2.64. The van der Waals surface area contributed by atoms with Gasteiger partial charge in [0.25, 0.3) is 0 Å². The summed E-state index contributed by atoms with van der Waals surface area (Å²) < 4.78 is 34.5. The van der Waals surface area contributed by atoms with E-state index < -0.39 is 61.1 Å². The van der Waals surface area contributed by atoms with Crippen LogP contribution in [0.4, 0.5) is 4.39 Å². The monoisotopic (exact) mass is 349 g/mol.